The van der Waals surface area contributed by atoms with E-state index < -0.39 is 11.7 Å². The molecule has 1 aromatic carbocycles. The molecular weight excluding hydrogens is 331 g/mol. The van der Waals surface area contributed by atoms with Gasteiger partial charge in [-0.05, 0) is 30.7 Å². The monoisotopic (exact) mass is 344 g/mol. The fraction of sp³-hybridized carbons (Fsp3) is 0.125. The van der Waals surface area contributed by atoms with Crippen LogP contribution in [-0.2, 0) is 6.54 Å². The SMILES string of the molecule is Cc1csc(NC(=O)c2ccc(=O)n(Cc3cccc(F)c3)n2)n1. The molecule has 24 heavy (non-hydrogen) atoms. The number of carbonyl (C=O) groups excluding carboxylic acids is 1. The van der Waals surface area contributed by atoms with E-state index in [0.717, 1.165) is 10.4 Å². The Balaban J connectivity index is 1.83. The van der Waals surface area contributed by atoms with Crippen molar-refractivity contribution < 1.29 is 9.18 Å². The molecule has 1 amide bonds. The summed E-state index contributed by atoms with van der Waals surface area (Å²) in [6, 6.07) is 8.48. The van der Waals surface area contributed by atoms with E-state index in [1.807, 2.05) is 12.3 Å². The molecule has 1 N–H and O–H groups in total. The summed E-state index contributed by atoms with van der Waals surface area (Å²) < 4.78 is 14.4. The van der Waals surface area contributed by atoms with Crippen LogP contribution in [0.1, 0.15) is 21.7 Å². The van der Waals surface area contributed by atoms with Crippen molar-refractivity contribution in [1.82, 2.24) is 14.8 Å². The van der Waals surface area contributed by atoms with Gasteiger partial charge < -0.3 is 0 Å². The quantitative estimate of drug-likeness (QED) is 0.789. The molecule has 3 aromatic rings. The van der Waals surface area contributed by atoms with Gasteiger partial charge in [0.1, 0.15) is 11.5 Å². The van der Waals surface area contributed by atoms with Gasteiger partial charge in [-0.25, -0.2) is 14.1 Å². The number of amides is 1. The first kappa shape index (κ1) is 16.0. The summed E-state index contributed by atoms with van der Waals surface area (Å²) in [7, 11) is 0. The van der Waals surface area contributed by atoms with E-state index in [1.54, 1.807) is 12.1 Å². The van der Waals surface area contributed by atoms with E-state index in [-0.39, 0.29) is 17.8 Å². The zero-order valence-corrected chi connectivity index (χ0v) is 13.5. The van der Waals surface area contributed by atoms with Crippen molar-refractivity contribution >= 4 is 22.4 Å². The average Bonchev–Trinajstić information content (AvgIpc) is 2.94. The van der Waals surface area contributed by atoms with Gasteiger partial charge in [0.2, 0.25) is 0 Å². The molecule has 122 valence electrons. The highest BCUT2D eigenvalue weighted by Gasteiger charge is 2.12. The van der Waals surface area contributed by atoms with Gasteiger partial charge in [0.25, 0.3) is 11.5 Å². The lowest BCUT2D eigenvalue weighted by Crippen LogP contribution is -2.26. The Bertz CT molecular complexity index is 951. The number of nitrogens with one attached hydrogen (secondary N) is 1. The average molecular weight is 344 g/mol. The van der Waals surface area contributed by atoms with Gasteiger partial charge >= 0.3 is 0 Å². The zero-order valence-electron chi connectivity index (χ0n) is 12.7. The number of hydrogen-bond donors (Lipinski definition) is 1. The van der Waals surface area contributed by atoms with Crippen molar-refractivity contribution in [3.05, 3.63) is 74.9 Å². The first-order valence-corrected chi connectivity index (χ1v) is 7.95. The number of aromatic nitrogens is 3. The van der Waals surface area contributed by atoms with Crippen molar-refractivity contribution in [2.24, 2.45) is 0 Å². The second-order valence-corrected chi connectivity index (χ2v) is 5.95. The lowest BCUT2D eigenvalue weighted by Gasteiger charge is -2.07. The van der Waals surface area contributed by atoms with Crippen LogP contribution in [0.3, 0.4) is 0 Å². The van der Waals surface area contributed by atoms with E-state index in [9.17, 15) is 14.0 Å². The highest BCUT2D eigenvalue weighted by Crippen LogP contribution is 2.15. The van der Waals surface area contributed by atoms with Crippen LogP contribution in [0, 0.1) is 12.7 Å². The normalized spacial score (nSPS) is 10.6. The number of anilines is 1. The summed E-state index contributed by atoms with van der Waals surface area (Å²) in [5, 5.41) is 8.95. The molecular formula is C16H13FN4O2S. The van der Waals surface area contributed by atoms with Crippen molar-refractivity contribution in [2.75, 3.05) is 5.32 Å². The topological polar surface area (TPSA) is 76.9 Å². The van der Waals surface area contributed by atoms with Crippen LogP contribution in [0.15, 0.2) is 46.6 Å². The second kappa shape index (κ2) is 6.71. The smallest absolute Gasteiger partial charge is 0.277 e. The largest absolute Gasteiger partial charge is 0.296 e. The number of thiazole rings is 1. The van der Waals surface area contributed by atoms with Gasteiger partial charge in [0.15, 0.2) is 5.13 Å². The number of aryl methyl sites for hydroxylation is 1. The van der Waals surface area contributed by atoms with Gasteiger partial charge in [-0.15, -0.1) is 11.3 Å². The minimum absolute atomic E-state index is 0.0775. The summed E-state index contributed by atoms with van der Waals surface area (Å²) in [6.07, 6.45) is 0. The Morgan fingerprint density at radius 2 is 2.17 bits per heavy atom. The molecule has 0 saturated heterocycles. The number of halogens is 1. The van der Waals surface area contributed by atoms with E-state index in [1.165, 1.54) is 35.6 Å². The molecule has 0 aliphatic carbocycles. The van der Waals surface area contributed by atoms with Crippen LogP contribution >= 0.6 is 11.3 Å². The molecule has 0 aliphatic heterocycles. The molecule has 0 atom stereocenters. The molecule has 0 spiro atoms. The van der Waals surface area contributed by atoms with Gasteiger partial charge in [0, 0.05) is 11.4 Å². The highest BCUT2D eigenvalue weighted by atomic mass is 32.1. The van der Waals surface area contributed by atoms with E-state index in [2.05, 4.69) is 15.4 Å². The first-order chi connectivity index (χ1) is 11.5. The van der Waals surface area contributed by atoms with Crippen molar-refractivity contribution in [2.45, 2.75) is 13.5 Å². The molecule has 0 aliphatic rings. The Morgan fingerprint density at radius 3 is 2.88 bits per heavy atom. The molecule has 0 unspecified atom stereocenters. The third-order valence-corrected chi connectivity index (χ3v) is 4.04. The highest BCUT2D eigenvalue weighted by molar-refractivity contribution is 7.13. The van der Waals surface area contributed by atoms with Crippen LogP contribution in [0.2, 0.25) is 0 Å². The molecule has 8 heteroatoms. The lowest BCUT2D eigenvalue weighted by molar-refractivity contribution is 0.102. The predicted molar refractivity (Wildman–Crippen MR) is 88.8 cm³/mol. The van der Waals surface area contributed by atoms with Crippen molar-refractivity contribution in [3.8, 4) is 0 Å². The van der Waals surface area contributed by atoms with Gasteiger partial charge in [0.05, 0.1) is 12.2 Å². The molecule has 0 fully saturated rings. The van der Waals surface area contributed by atoms with E-state index >= 15 is 0 Å². The molecule has 2 aromatic heterocycles. The Kier molecular flexibility index (Phi) is 4.48. The summed E-state index contributed by atoms with van der Waals surface area (Å²) >= 11 is 1.30. The van der Waals surface area contributed by atoms with Crippen molar-refractivity contribution in [3.63, 3.8) is 0 Å². The summed E-state index contributed by atoms with van der Waals surface area (Å²) in [5.41, 5.74) is 1.09. The van der Waals surface area contributed by atoms with E-state index in [0.29, 0.717) is 10.7 Å². The van der Waals surface area contributed by atoms with Gasteiger partial charge in [-0.1, -0.05) is 12.1 Å². The Hall–Kier alpha value is -2.87. The molecule has 3 rings (SSSR count). The minimum Gasteiger partial charge on any atom is -0.296 e. The number of rotatable bonds is 4. The van der Waals surface area contributed by atoms with E-state index in [4.69, 9.17) is 0 Å². The van der Waals surface area contributed by atoms with Crippen molar-refractivity contribution in [1.29, 1.82) is 0 Å². The Morgan fingerprint density at radius 1 is 1.33 bits per heavy atom. The number of nitrogens with zero attached hydrogens (tertiary/aromatic N) is 3. The van der Waals surface area contributed by atoms with Gasteiger partial charge in [-0.2, -0.15) is 5.10 Å². The lowest BCUT2D eigenvalue weighted by atomic mass is 10.2. The number of benzene rings is 1. The number of carbonyl (C=O) groups is 1. The van der Waals surface area contributed by atoms with Crippen LogP contribution < -0.4 is 10.9 Å². The zero-order chi connectivity index (χ0) is 17.1. The molecule has 2 heterocycles. The molecule has 6 nitrogen and oxygen atoms in total. The van der Waals surface area contributed by atoms with Gasteiger partial charge in [-0.3, -0.25) is 14.9 Å². The third kappa shape index (κ3) is 3.72. The number of hydrogen-bond acceptors (Lipinski definition) is 5. The fourth-order valence-electron chi connectivity index (χ4n) is 2.06. The maximum Gasteiger partial charge on any atom is 0.277 e. The Labute approximate surface area is 140 Å². The van der Waals surface area contributed by atoms with Crippen LogP contribution in [0.5, 0.6) is 0 Å². The minimum atomic E-state index is -0.461. The maximum absolute atomic E-state index is 13.2. The maximum atomic E-state index is 13.2. The van der Waals surface area contributed by atoms with Crippen LogP contribution in [0.25, 0.3) is 0 Å². The van der Waals surface area contributed by atoms with Crippen LogP contribution in [-0.4, -0.2) is 20.7 Å². The molecule has 0 bridgehead atoms. The van der Waals surface area contributed by atoms with Crippen LogP contribution in [0.4, 0.5) is 9.52 Å². The predicted octanol–water partition coefficient (Wildman–Crippen LogP) is 2.45. The third-order valence-electron chi connectivity index (χ3n) is 3.16. The molecule has 0 saturated carbocycles. The molecule has 0 radical (unpaired) electrons. The second-order valence-electron chi connectivity index (χ2n) is 5.09. The summed E-state index contributed by atoms with van der Waals surface area (Å²) in [6.45, 7) is 1.90. The fourth-order valence-corrected chi connectivity index (χ4v) is 2.75. The first-order valence-electron chi connectivity index (χ1n) is 7.07. The summed E-state index contributed by atoms with van der Waals surface area (Å²) in [4.78, 5) is 28.3. The summed E-state index contributed by atoms with van der Waals surface area (Å²) in [5.74, 6) is -0.856. The standard InChI is InChI=1S/C16H13FN4O2S/c1-10-9-24-16(18-10)19-15(23)13-5-6-14(22)21(20-13)8-11-3-2-4-12(17)7-11/h2-7,9H,8H2,1H3,(H,18,19,23).